The van der Waals surface area contributed by atoms with E-state index in [2.05, 4.69) is 0 Å². The largest absolute Gasteiger partial charge is 0.490 e. The third-order valence-electron chi connectivity index (χ3n) is 5.10. The normalized spacial score (nSPS) is 15.5. The van der Waals surface area contributed by atoms with Crippen LogP contribution in [-0.4, -0.2) is 19.2 Å². The minimum Gasteiger partial charge on any atom is -0.490 e. The van der Waals surface area contributed by atoms with Gasteiger partial charge in [-0.15, -0.1) is 0 Å². The first kappa shape index (κ1) is 25.3. The van der Waals surface area contributed by atoms with Crippen LogP contribution in [-0.2, 0) is 20.9 Å². The van der Waals surface area contributed by atoms with E-state index in [4.69, 9.17) is 47.9 Å². The monoisotopic (exact) mass is 502 g/mol. The summed E-state index contributed by atoms with van der Waals surface area (Å²) in [7, 11) is 0. The van der Waals surface area contributed by atoms with Crippen LogP contribution in [0.25, 0.3) is 0 Å². The molecule has 178 valence electrons. The summed E-state index contributed by atoms with van der Waals surface area (Å²) in [4.78, 5) is 12.8. The molecule has 0 fully saturated rings. The molecule has 0 bridgehead atoms. The van der Waals surface area contributed by atoms with Crippen molar-refractivity contribution in [3.05, 3.63) is 80.4 Å². The quantitative estimate of drug-likeness (QED) is 0.467. The number of nitrogens with two attached hydrogens (primary N) is 1. The maximum absolute atomic E-state index is 12.8. The van der Waals surface area contributed by atoms with Gasteiger partial charge >= 0.3 is 5.97 Å². The Morgan fingerprint density at radius 2 is 1.88 bits per heavy atom. The Kier molecular flexibility index (Phi) is 8.32. The predicted octanol–water partition coefficient (Wildman–Crippen LogP) is 5.62. The number of carbonyl (C=O) groups is 1. The molecule has 2 N–H and O–H groups in total. The Labute approximate surface area is 208 Å². The molecule has 1 heterocycles. The Morgan fingerprint density at radius 1 is 1.15 bits per heavy atom. The zero-order valence-electron chi connectivity index (χ0n) is 19.0. The third-order valence-corrected chi connectivity index (χ3v) is 5.75. The smallest absolute Gasteiger partial charge is 0.338 e. The van der Waals surface area contributed by atoms with Crippen molar-refractivity contribution in [2.75, 3.05) is 13.2 Å². The molecule has 3 rings (SSSR count). The molecular weight excluding hydrogens is 479 g/mol. The molecule has 9 heteroatoms. The fourth-order valence-electron chi connectivity index (χ4n) is 3.61. The van der Waals surface area contributed by atoms with Crippen molar-refractivity contribution in [2.45, 2.75) is 33.3 Å². The van der Waals surface area contributed by atoms with Gasteiger partial charge in [-0.25, -0.2) is 4.79 Å². The Hall–Kier alpha value is -3.34. The summed E-state index contributed by atoms with van der Waals surface area (Å²) >= 11 is 12.9. The molecule has 0 radical (unpaired) electrons. The molecule has 7 nitrogen and oxygen atoms in total. The van der Waals surface area contributed by atoms with E-state index in [1.54, 1.807) is 32.0 Å². The molecule has 1 atom stereocenters. The highest BCUT2D eigenvalue weighted by atomic mass is 35.5. The second kappa shape index (κ2) is 11.2. The Morgan fingerprint density at radius 3 is 2.53 bits per heavy atom. The molecule has 34 heavy (non-hydrogen) atoms. The molecule has 2 aromatic rings. The summed E-state index contributed by atoms with van der Waals surface area (Å²) in [6.45, 7) is 5.75. The van der Waals surface area contributed by atoms with E-state index >= 15 is 0 Å². The molecule has 0 aliphatic carbocycles. The van der Waals surface area contributed by atoms with Gasteiger partial charge < -0.3 is 24.7 Å². The maximum Gasteiger partial charge on any atom is 0.338 e. The van der Waals surface area contributed by atoms with Gasteiger partial charge in [0.1, 0.15) is 24.0 Å². The van der Waals surface area contributed by atoms with Crippen molar-refractivity contribution in [3.8, 4) is 17.6 Å². The summed E-state index contributed by atoms with van der Waals surface area (Å²) in [6.07, 6.45) is 0. The number of hydrogen-bond donors (Lipinski definition) is 1. The minimum atomic E-state index is -0.855. The topological polar surface area (TPSA) is 104 Å². The standard InChI is InChI=1S/C25H24Cl2N2O5/c1-4-31-20-11-16(10-19(27)23(20)33-13-15-8-6-7-9-18(15)26)22-17(12-28)24(29)34-14(3)21(22)25(30)32-5-2/h6-11,22H,4-5,13,29H2,1-3H3. The SMILES string of the molecule is CCOC(=O)C1=C(C)OC(N)=C(C#N)C1c1cc(Cl)c(OCc2ccccc2Cl)c(OCC)c1. The van der Waals surface area contributed by atoms with Crippen molar-refractivity contribution >= 4 is 29.2 Å². The average Bonchev–Trinajstić information content (AvgIpc) is 2.79. The molecule has 0 amide bonds. The highest BCUT2D eigenvalue weighted by Crippen LogP contribution is 2.45. The lowest BCUT2D eigenvalue weighted by molar-refractivity contribution is -0.139. The van der Waals surface area contributed by atoms with Gasteiger partial charge in [0.15, 0.2) is 11.5 Å². The van der Waals surface area contributed by atoms with Gasteiger partial charge in [-0.1, -0.05) is 41.4 Å². The van der Waals surface area contributed by atoms with Gasteiger partial charge in [0.2, 0.25) is 5.88 Å². The van der Waals surface area contributed by atoms with Crippen LogP contribution in [0, 0.1) is 11.3 Å². The third kappa shape index (κ3) is 5.24. The summed E-state index contributed by atoms with van der Waals surface area (Å²) in [5.41, 5.74) is 7.49. The lowest BCUT2D eigenvalue weighted by Gasteiger charge is -2.27. The predicted molar refractivity (Wildman–Crippen MR) is 128 cm³/mol. The number of rotatable bonds is 8. The van der Waals surface area contributed by atoms with Crippen LogP contribution in [0.5, 0.6) is 11.5 Å². The van der Waals surface area contributed by atoms with Crippen LogP contribution in [0.2, 0.25) is 10.0 Å². The minimum absolute atomic E-state index is 0.0666. The number of allylic oxidation sites excluding steroid dienone is 2. The van der Waals surface area contributed by atoms with Crippen LogP contribution in [0.15, 0.2) is 59.2 Å². The van der Waals surface area contributed by atoms with Crippen LogP contribution >= 0.6 is 23.2 Å². The van der Waals surface area contributed by atoms with Crippen molar-refractivity contribution in [2.24, 2.45) is 5.73 Å². The van der Waals surface area contributed by atoms with Crippen LogP contribution < -0.4 is 15.2 Å². The number of ether oxygens (including phenoxy) is 4. The molecular formula is C25H24Cl2N2O5. The molecule has 0 spiro atoms. The molecule has 1 aliphatic rings. The highest BCUT2D eigenvalue weighted by Gasteiger charge is 2.37. The first-order valence-corrected chi connectivity index (χ1v) is 11.4. The van der Waals surface area contributed by atoms with Gasteiger partial charge in [0, 0.05) is 10.6 Å². The summed E-state index contributed by atoms with van der Waals surface area (Å²) in [5.74, 6) is -0.655. The molecule has 2 aromatic carbocycles. The van der Waals surface area contributed by atoms with Crippen LogP contribution in [0.1, 0.15) is 37.8 Å². The average molecular weight is 503 g/mol. The lowest BCUT2D eigenvalue weighted by Crippen LogP contribution is -2.25. The number of esters is 1. The van der Waals surface area contributed by atoms with Gasteiger partial charge in [-0.05, 0) is 44.5 Å². The lowest BCUT2D eigenvalue weighted by atomic mass is 9.83. The fraction of sp³-hybridized carbons (Fsp3) is 0.280. The van der Waals surface area contributed by atoms with Crippen molar-refractivity contribution < 1.29 is 23.7 Å². The number of halogens is 2. The van der Waals surface area contributed by atoms with Gasteiger partial charge in [-0.3, -0.25) is 0 Å². The summed E-state index contributed by atoms with van der Waals surface area (Å²) in [6, 6.07) is 12.6. The van der Waals surface area contributed by atoms with E-state index in [-0.39, 0.29) is 41.0 Å². The van der Waals surface area contributed by atoms with Crippen molar-refractivity contribution in [3.63, 3.8) is 0 Å². The Balaban J connectivity index is 2.08. The van der Waals surface area contributed by atoms with E-state index < -0.39 is 11.9 Å². The van der Waals surface area contributed by atoms with E-state index in [1.165, 1.54) is 0 Å². The summed E-state index contributed by atoms with van der Waals surface area (Å²) in [5, 5.41) is 10.6. The van der Waals surface area contributed by atoms with Gasteiger partial charge in [-0.2, -0.15) is 5.26 Å². The van der Waals surface area contributed by atoms with Crippen molar-refractivity contribution in [1.82, 2.24) is 0 Å². The van der Waals surface area contributed by atoms with Crippen molar-refractivity contribution in [1.29, 1.82) is 5.26 Å². The number of benzene rings is 2. The molecule has 0 saturated heterocycles. The first-order valence-electron chi connectivity index (χ1n) is 10.6. The van der Waals surface area contributed by atoms with E-state index in [0.29, 0.717) is 28.7 Å². The number of nitrogens with zero attached hydrogens (tertiary/aromatic N) is 1. The zero-order chi connectivity index (χ0) is 24.8. The second-order valence-corrected chi connectivity index (χ2v) is 8.07. The molecule has 0 aromatic heterocycles. The first-order chi connectivity index (χ1) is 16.3. The highest BCUT2D eigenvalue weighted by molar-refractivity contribution is 6.32. The molecule has 0 saturated carbocycles. The summed E-state index contributed by atoms with van der Waals surface area (Å²) < 4.78 is 22.4. The molecule has 1 aliphatic heterocycles. The van der Waals surface area contributed by atoms with Crippen LogP contribution in [0.3, 0.4) is 0 Å². The Bertz CT molecular complexity index is 1200. The maximum atomic E-state index is 12.8. The zero-order valence-corrected chi connectivity index (χ0v) is 20.5. The number of hydrogen-bond acceptors (Lipinski definition) is 7. The van der Waals surface area contributed by atoms with E-state index in [1.807, 2.05) is 31.2 Å². The number of nitriles is 1. The second-order valence-electron chi connectivity index (χ2n) is 7.26. The molecule has 1 unspecified atom stereocenters. The van der Waals surface area contributed by atoms with Gasteiger partial charge in [0.25, 0.3) is 0 Å². The fourth-order valence-corrected chi connectivity index (χ4v) is 4.08. The number of carbonyl (C=O) groups excluding carboxylic acids is 1. The van der Waals surface area contributed by atoms with Gasteiger partial charge in [0.05, 0.1) is 29.7 Å². The van der Waals surface area contributed by atoms with Crippen LogP contribution in [0.4, 0.5) is 0 Å². The van der Waals surface area contributed by atoms with E-state index in [0.717, 1.165) is 5.56 Å². The van der Waals surface area contributed by atoms with E-state index in [9.17, 15) is 10.1 Å².